The smallest absolute Gasteiger partial charge is 0.349 e. The first kappa shape index (κ1) is 27.0. The molecule has 0 bridgehead atoms. The Morgan fingerprint density at radius 3 is 2.35 bits per heavy atom. The maximum atomic E-state index is 12.6. The van der Waals surface area contributed by atoms with E-state index in [0.717, 1.165) is 28.4 Å². The van der Waals surface area contributed by atoms with Crippen molar-refractivity contribution in [1.29, 1.82) is 5.26 Å². The van der Waals surface area contributed by atoms with Crippen LogP contribution in [0.4, 0.5) is 0 Å². The van der Waals surface area contributed by atoms with Crippen LogP contribution in [0.1, 0.15) is 29.4 Å². The summed E-state index contributed by atoms with van der Waals surface area (Å²) in [5.74, 6) is -1.03. The standard InChI is InChI=1S/C29H29N3O5/c1-19-14-23(20(2)32(19)25-10-12-26(36-4)13-11-25)16-24(17-30)29(35)37-18-28(34)31-27(21(3)33)15-22-8-6-5-7-9-22/h5-14,16,27H,15,18H2,1-4H3,(H,31,34)/b24-16+. The number of aromatic nitrogens is 1. The van der Waals surface area contributed by atoms with Crippen molar-refractivity contribution in [3.63, 3.8) is 0 Å². The average molecular weight is 500 g/mol. The van der Waals surface area contributed by atoms with E-state index in [0.29, 0.717) is 12.0 Å². The molecular formula is C29H29N3O5. The van der Waals surface area contributed by atoms with Crippen molar-refractivity contribution in [3.8, 4) is 17.5 Å². The normalized spacial score (nSPS) is 11.8. The molecule has 3 rings (SSSR count). The molecule has 0 radical (unpaired) electrons. The highest BCUT2D eigenvalue weighted by Gasteiger charge is 2.20. The highest BCUT2D eigenvalue weighted by molar-refractivity contribution is 5.99. The quantitative estimate of drug-likeness (QED) is 0.258. The number of esters is 1. The zero-order chi connectivity index (χ0) is 26.9. The van der Waals surface area contributed by atoms with Crippen LogP contribution in [0.25, 0.3) is 11.8 Å². The summed E-state index contributed by atoms with van der Waals surface area (Å²) in [6, 6.07) is 19.8. The molecule has 0 fully saturated rings. The molecule has 0 aliphatic carbocycles. The van der Waals surface area contributed by atoms with Gasteiger partial charge in [0.15, 0.2) is 12.4 Å². The summed E-state index contributed by atoms with van der Waals surface area (Å²) in [5, 5.41) is 12.2. The van der Waals surface area contributed by atoms with Crippen molar-refractivity contribution in [2.75, 3.05) is 13.7 Å². The van der Waals surface area contributed by atoms with Crippen LogP contribution in [0, 0.1) is 25.2 Å². The van der Waals surface area contributed by atoms with Crippen molar-refractivity contribution in [2.24, 2.45) is 0 Å². The molecule has 1 heterocycles. The third kappa shape index (κ3) is 6.95. The van der Waals surface area contributed by atoms with Crippen LogP contribution >= 0.6 is 0 Å². The Hall–Kier alpha value is -4.64. The second-order valence-electron chi connectivity index (χ2n) is 8.53. The molecule has 1 aromatic heterocycles. The summed E-state index contributed by atoms with van der Waals surface area (Å²) in [7, 11) is 1.60. The first-order valence-corrected chi connectivity index (χ1v) is 11.7. The molecule has 37 heavy (non-hydrogen) atoms. The van der Waals surface area contributed by atoms with Gasteiger partial charge in [0.05, 0.1) is 13.2 Å². The van der Waals surface area contributed by atoms with Crippen molar-refractivity contribution >= 4 is 23.7 Å². The second-order valence-corrected chi connectivity index (χ2v) is 8.53. The highest BCUT2D eigenvalue weighted by Crippen LogP contribution is 2.24. The van der Waals surface area contributed by atoms with Gasteiger partial charge in [-0.1, -0.05) is 30.3 Å². The van der Waals surface area contributed by atoms with E-state index in [1.54, 1.807) is 7.11 Å². The molecule has 1 unspecified atom stereocenters. The van der Waals surface area contributed by atoms with E-state index in [1.165, 1.54) is 13.0 Å². The van der Waals surface area contributed by atoms with Gasteiger partial charge < -0.3 is 19.4 Å². The first-order valence-electron chi connectivity index (χ1n) is 11.7. The first-order chi connectivity index (χ1) is 17.7. The largest absolute Gasteiger partial charge is 0.497 e. The molecule has 0 spiro atoms. The number of hydrogen-bond donors (Lipinski definition) is 1. The number of methoxy groups -OCH3 is 1. The third-order valence-corrected chi connectivity index (χ3v) is 5.88. The predicted octanol–water partition coefficient (Wildman–Crippen LogP) is 3.87. The number of nitrogens with one attached hydrogen (secondary N) is 1. The van der Waals surface area contributed by atoms with E-state index in [9.17, 15) is 19.6 Å². The second kappa shape index (κ2) is 12.4. The maximum absolute atomic E-state index is 12.6. The van der Waals surface area contributed by atoms with Crippen LogP contribution in [0.3, 0.4) is 0 Å². The number of carbonyl (C=O) groups is 3. The van der Waals surface area contributed by atoms with E-state index in [4.69, 9.17) is 9.47 Å². The molecule has 1 N–H and O–H groups in total. The van der Waals surface area contributed by atoms with Crippen LogP contribution in [0.2, 0.25) is 0 Å². The number of nitrogens with zero attached hydrogens (tertiary/aromatic N) is 2. The summed E-state index contributed by atoms with van der Waals surface area (Å²) in [6.07, 6.45) is 1.76. The number of carbonyl (C=O) groups excluding carboxylic acids is 3. The lowest BCUT2D eigenvalue weighted by atomic mass is 10.0. The van der Waals surface area contributed by atoms with Gasteiger partial charge in [0.25, 0.3) is 5.91 Å². The number of ether oxygens (including phenoxy) is 2. The summed E-state index contributed by atoms with van der Waals surface area (Å²) in [5.41, 5.74) is 3.96. The number of hydrogen-bond acceptors (Lipinski definition) is 6. The van der Waals surface area contributed by atoms with Crippen LogP contribution in [-0.4, -0.2) is 42.0 Å². The predicted molar refractivity (Wildman–Crippen MR) is 139 cm³/mol. The SMILES string of the molecule is COc1ccc(-n2c(C)cc(/C=C(\C#N)C(=O)OCC(=O)NC(Cc3ccccc3)C(C)=O)c2C)cc1. The van der Waals surface area contributed by atoms with Gasteiger partial charge in [0.2, 0.25) is 0 Å². The molecule has 8 nitrogen and oxygen atoms in total. The fourth-order valence-electron chi connectivity index (χ4n) is 3.95. The number of benzene rings is 2. The Labute approximate surface area is 216 Å². The van der Waals surface area contributed by atoms with E-state index in [2.05, 4.69) is 5.32 Å². The van der Waals surface area contributed by atoms with E-state index in [-0.39, 0.29) is 11.4 Å². The van der Waals surface area contributed by atoms with Gasteiger partial charge >= 0.3 is 5.97 Å². The molecule has 3 aromatic rings. The minimum atomic E-state index is -0.922. The van der Waals surface area contributed by atoms with Crippen molar-refractivity contribution in [2.45, 2.75) is 33.2 Å². The zero-order valence-electron chi connectivity index (χ0n) is 21.3. The molecule has 8 heteroatoms. The summed E-state index contributed by atoms with van der Waals surface area (Å²) in [4.78, 5) is 36.9. The Kier molecular flexibility index (Phi) is 9.00. The Balaban J connectivity index is 1.67. The third-order valence-electron chi connectivity index (χ3n) is 5.88. The molecule has 0 saturated heterocycles. The van der Waals surface area contributed by atoms with Crippen molar-refractivity contribution in [1.82, 2.24) is 9.88 Å². The fraction of sp³-hybridized carbons (Fsp3) is 0.241. The number of ketones is 1. The van der Waals surface area contributed by atoms with Gasteiger partial charge in [0, 0.05) is 17.1 Å². The van der Waals surface area contributed by atoms with Gasteiger partial charge in [0.1, 0.15) is 17.4 Å². The van der Waals surface area contributed by atoms with Gasteiger partial charge in [-0.05, 0) is 74.7 Å². The molecule has 0 aliphatic heterocycles. The van der Waals surface area contributed by atoms with Crippen LogP contribution in [0.15, 0.2) is 66.2 Å². The minimum absolute atomic E-state index is 0.214. The maximum Gasteiger partial charge on any atom is 0.349 e. The van der Waals surface area contributed by atoms with E-state index in [1.807, 2.05) is 85.1 Å². The number of Topliss-reactive ketones (excluding diaryl/α,β-unsaturated/α-hetero) is 1. The average Bonchev–Trinajstić information content (AvgIpc) is 3.18. The number of rotatable bonds is 10. The fourth-order valence-corrected chi connectivity index (χ4v) is 3.95. The lowest BCUT2D eigenvalue weighted by molar-refractivity contribution is -0.144. The lowest BCUT2D eigenvalue weighted by Crippen LogP contribution is -2.43. The summed E-state index contributed by atoms with van der Waals surface area (Å²) < 4.78 is 12.3. The number of amides is 1. The molecule has 1 atom stereocenters. The van der Waals surface area contributed by atoms with Gasteiger partial charge in [-0.3, -0.25) is 9.59 Å². The number of nitriles is 1. The van der Waals surface area contributed by atoms with Crippen molar-refractivity contribution < 1.29 is 23.9 Å². The molecular weight excluding hydrogens is 470 g/mol. The molecule has 0 aliphatic rings. The molecule has 2 aromatic carbocycles. The van der Waals surface area contributed by atoms with E-state index >= 15 is 0 Å². The molecule has 190 valence electrons. The Morgan fingerprint density at radius 2 is 1.76 bits per heavy atom. The topological polar surface area (TPSA) is 110 Å². The lowest BCUT2D eigenvalue weighted by Gasteiger charge is -2.16. The molecule has 1 amide bonds. The van der Waals surface area contributed by atoms with Gasteiger partial charge in [-0.25, -0.2) is 4.79 Å². The van der Waals surface area contributed by atoms with Crippen LogP contribution < -0.4 is 10.1 Å². The Bertz CT molecular complexity index is 1350. The monoisotopic (exact) mass is 499 g/mol. The summed E-state index contributed by atoms with van der Waals surface area (Å²) >= 11 is 0. The van der Waals surface area contributed by atoms with Gasteiger partial charge in [-0.2, -0.15) is 5.26 Å². The van der Waals surface area contributed by atoms with Crippen LogP contribution in [-0.2, 0) is 25.5 Å². The molecule has 0 saturated carbocycles. The van der Waals surface area contributed by atoms with Crippen molar-refractivity contribution in [3.05, 3.63) is 88.8 Å². The zero-order valence-corrected chi connectivity index (χ0v) is 21.3. The summed E-state index contributed by atoms with van der Waals surface area (Å²) in [6.45, 7) is 4.58. The van der Waals surface area contributed by atoms with Gasteiger partial charge in [-0.15, -0.1) is 0 Å². The minimum Gasteiger partial charge on any atom is -0.497 e. The Morgan fingerprint density at radius 1 is 1.08 bits per heavy atom. The van der Waals surface area contributed by atoms with Crippen LogP contribution in [0.5, 0.6) is 5.75 Å². The number of aryl methyl sites for hydroxylation is 1. The highest BCUT2D eigenvalue weighted by atomic mass is 16.5. The van der Waals surface area contributed by atoms with E-state index < -0.39 is 24.5 Å².